The molecule has 114 valence electrons. The van der Waals surface area contributed by atoms with E-state index in [9.17, 15) is 9.90 Å². The van der Waals surface area contributed by atoms with Gasteiger partial charge in [0.05, 0.1) is 5.69 Å². The van der Waals surface area contributed by atoms with E-state index in [-0.39, 0.29) is 5.71 Å². The van der Waals surface area contributed by atoms with Crippen LogP contribution in [0.4, 0.5) is 5.13 Å². The SMILES string of the molecule is O=C(O)/C(=N/Nc1nc(-c2ccccc2)cs1)c1ccccc1. The highest BCUT2D eigenvalue weighted by molar-refractivity contribution is 7.14. The highest BCUT2D eigenvalue weighted by Gasteiger charge is 2.12. The molecule has 0 aliphatic rings. The van der Waals surface area contributed by atoms with Gasteiger partial charge in [0.1, 0.15) is 0 Å². The molecule has 6 heteroatoms. The average molecular weight is 323 g/mol. The van der Waals surface area contributed by atoms with Gasteiger partial charge >= 0.3 is 5.97 Å². The van der Waals surface area contributed by atoms with E-state index in [4.69, 9.17) is 0 Å². The van der Waals surface area contributed by atoms with E-state index in [2.05, 4.69) is 15.5 Å². The summed E-state index contributed by atoms with van der Waals surface area (Å²) in [5.74, 6) is -1.09. The molecule has 0 radical (unpaired) electrons. The van der Waals surface area contributed by atoms with Crippen LogP contribution in [0.25, 0.3) is 11.3 Å². The van der Waals surface area contributed by atoms with Crippen LogP contribution in [-0.4, -0.2) is 21.8 Å². The highest BCUT2D eigenvalue weighted by atomic mass is 32.1. The van der Waals surface area contributed by atoms with Gasteiger partial charge in [-0.25, -0.2) is 9.78 Å². The van der Waals surface area contributed by atoms with Crippen molar-refractivity contribution in [3.8, 4) is 11.3 Å². The Morgan fingerprint density at radius 1 is 1.04 bits per heavy atom. The first-order valence-corrected chi connectivity index (χ1v) is 7.75. The molecule has 1 aromatic heterocycles. The molecule has 2 N–H and O–H groups in total. The molecule has 0 spiro atoms. The van der Waals surface area contributed by atoms with Gasteiger partial charge in [0, 0.05) is 16.5 Å². The molecule has 0 saturated heterocycles. The number of aromatic nitrogens is 1. The quantitative estimate of drug-likeness (QED) is 0.554. The van der Waals surface area contributed by atoms with Crippen LogP contribution in [0.5, 0.6) is 0 Å². The maximum atomic E-state index is 11.4. The number of hydrazone groups is 1. The zero-order valence-corrected chi connectivity index (χ0v) is 12.8. The van der Waals surface area contributed by atoms with Crippen molar-refractivity contribution < 1.29 is 9.90 Å². The van der Waals surface area contributed by atoms with Crippen LogP contribution in [0.1, 0.15) is 5.56 Å². The summed E-state index contributed by atoms with van der Waals surface area (Å²) >= 11 is 1.37. The minimum absolute atomic E-state index is 0.0536. The lowest BCUT2D eigenvalue weighted by molar-refractivity contribution is -0.129. The molecule has 0 atom stereocenters. The number of benzene rings is 2. The van der Waals surface area contributed by atoms with Gasteiger partial charge < -0.3 is 5.11 Å². The molecule has 23 heavy (non-hydrogen) atoms. The lowest BCUT2D eigenvalue weighted by Crippen LogP contribution is -2.16. The van der Waals surface area contributed by atoms with E-state index in [0.29, 0.717) is 10.7 Å². The van der Waals surface area contributed by atoms with Crippen molar-refractivity contribution in [1.82, 2.24) is 4.98 Å². The topological polar surface area (TPSA) is 74.6 Å². The van der Waals surface area contributed by atoms with Gasteiger partial charge in [-0.3, -0.25) is 5.43 Å². The molecule has 0 aliphatic heterocycles. The molecular weight excluding hydrogens is 310 g/mol. The first-order valence-electron chi connectivity index (χ1n) is 6.87. The van der Waals surface area contributed by atoms with Crippen molar-refractivity contribution in [2.24, 2.45) is 5.10 Å². The second-order valence-corrected chi connectivity index (χ2v) is 5.51. The Labute approximate surface area is 137 Å². The van der Waals surface area contributed by atoms with Gasteiger partial charge in [0.25, 0.3) is 0 Å². The number of anilines is 1. The van der Waals surface area contributed by atoms with Crippen LogP contribution in [0.2, 0.25) is 0 Å². The number of carboxylic acids is 1. The number of aliphatic carboxylic acids is 1. The summed E-state index contributed by atoms with van der Waals surface area (Å²) in [6.45, 7) is 0. The molecule has 0 unspecified atom stereocenters. The number of nitrogens with zero attached hydrogens (tertiary/aromatic N) is 2. The molecular formula is C17H13N3O2S. The Bertz CT molecular complexity index is 829. The fraction of sp³-hybridized carbons (Fsp3) is 0. The smallest absolute Gasteiger partial charge is 0.356 e. The van der Waals surface area contributed by atoms with Crippen molar-refractivity contribution in [3.05, 3.63) is 71.6 Å². The van der Waals surface area contributed by atoms with Crippen LogP contribution < -0.4 is 5.43 Å². The minimum atomic E-state index is -1.09. The molecule has 3 rings (SSSR count). The van der Waals surface area contributed by atoms with Gasteiger partial charge in [0.15, 0.2) is 5.71 Å². The predicted octanol–water partition coefficient (Wildman–Crippen LogP) is 3.71. The molecule has 3 aromatic rings. The molecule has 0 fully saturated rings. The molecule has 0 bridgehead atoms. The summed E-state index contributed by atoms with van der Waals surface area (Å²) in [7, 11) is 0. The van der Waals surface area contributed by atoms with Crippen LogP contribution in [0.3, 0.4) is 0 Å². The lowest BCUT2D eigenvalue weighted by Gasteiger charge is -2.01. The molecule has 1 heterocycles. The first kappa shape index (κ1) is 14.9. The lowest BCUT2D eigenvalue weighted by atomic mass is 10.1. The standard InChI is InChI=1S/C17H13N3O2S/c21-16(22)15(13-9-5-2-6-10-13)19-20-17-18-14(11-23-17)12-7-3-1-4-8-12/h1-11H,(H,18,20)(H,21,22)/b19-15+. The van der Waals surface area contributed by atoms with Gasteiger partial charge in [-0.2, -0.15) is 5.10 Å². The third kappa shape index (κ3) is 3.61. The monoisotopic (exact) mass is 323 g/mol. The van der Waals surface area contributed by atoms with Gasteiger partial charge in [-0.15, -0.1) is 11.3 Å². The number of hydrogen-bond donors (Lipinski definition) is 2. The van der Waals surface area contributed by atoms with Crippen LogP contribution in [-0.2, 0) is 4.79 Å². The molecule has 2 aromatic carbocycles. The maximum absolute atomic E-state index is 11.4. The number of thiazole rings is 1. The number of hydrogen-bond acceptors (Lipinski definition) is 5. The second-order valence-electron chi connectivity index (χ2n) is 4.65. The Hall–Kier alpha value is -2.99. The summed E-state index contributed by atoms with van der Waals surface area (Å²) in [5.41, 5.74) is 5.04. The molecule has 0 aliphatic carbocycles. The van der Waals surface area contributed by atoms with Crippen molar-refractivity contribution in [1.29, 1.82) is 0 Å². The number of nitrogens with one attached hydrogen (secondary N) is 1. The maximum Gasteiger partial charge on any atom is 0.356 e. The zero-order chi connectivity index (χ0) is 16.1. The average Bonchev–Trinajstić information content (AvgIpc) is 3.05. The van der Waals surface area contributed by atoms with Crippen LogP contribution >= 0.6 is 11.3 Å². The van der Waals surface area contributed by atoms with E-state index < -0.39 is 5.97 Å². The fourth-order valence-electron chi connectivity index (χ4n) is 2.00. The van der Waals surface area contributed by atoms with E-state index in [0.717, 1.165) is 11.3 Å². The summed E-state index contributed by atoms with van der Waals surface area (Å²) < 4.78 is 0. The third-order valence-electron chi connectivity index (χ3n) is 3.09. The summed E-state index contributed by atoms with van der Waals surface area (Å²) in [4.78, 5) is 15.8. The number of carboxylic acid groups (broad SMARTS) is 1. The summed E-state index contributed by atoms with van der Waals surface area (Å²) in [6, 6.07) is 18.5. The van der Waals surface area contributed by atoms with Gasteiger partial charge in [0.2, 0.25) is 5.13 Å². The van der Waals surface area contributed by atoms with Crippen molar-refractivity contribution in [2.45, 2.75) is 0 Å². The van der Waals surface area contributed by atoms with Crippen LogP contribution in [0, 0.1) is 0 Å². The fourth-order valence-corrected chi connectivity index (χ4v) is 2.66. The van der Waals surface area contributed by atoms with Crippen molar-refractivity contribution in [2.75, 3.05) is 5.43 Å². The normalized spacial score (nSPS) is 11.2. The summed E-state index contributed by atoms with van der Waals surface area (Å²) in [5, 5.41) is 15.7. The minimum Gasteiger partial charge on any atom is -0.476 e. The van der Waals surface area contributed by atoms with E-state index in [1.807, 2.05) is 41.8 Å². The first-order chi connectivity index (χ1) is 11.2. The third-order valence-corrected chi connectivity index (χ3v) is 3.83. The predicted molar refractivity (Wildman–Crippen MR) is 91.8 cm³/mol. The number of carbonyl (C=O) groups is 1. The van der Waals surface area contributed by atoms with Crippen molar-refractivity contribution >= 4 is 28.1 Å². The van der Waals surface area contributed by atoms with E-state index in [1.165, 1.54) is 11.3 Å². The number of rotatable bonds is 5. The van der Waals surface area contributed by atoms with E-state index >= 15 is 0 Å². The zero-order valence-electron chi connectivity index (χ0n) is 12.0. The van der Waals surface area contributed by atoms with E-state index in [1.54, 1.807) is 24.3 Å². The van der Waals surface area contributed by atoms with Gasteiger partial charge in [-0.1, -0.05) is 60.7 Å². The summed E-state index contributed by atoms with van der Waals surface area (Å²) in [6.07, 6.45) is 0. The van der Waals surface area contributed by atoms with Crippen LogP contribution in [0.15, 0.2) is 71.1 Å². The largest absolute Gasteiger partial charge is 0.476 e. The molecule has 0 amide bonds. The molecule has 0 saturated carbocycles. The van der Waals surface area contributed by atoms with Crippen molar-refractivity contribution in [3.63, 3.8) is 0 Å². The Morgan fingerprint density at radius 2 is 1.70 bits per heavy atom. The Morgan fingerprint density at radius 3 is 2.35 bits per heavy atom. The second kappa shape index (κ2) is 6.85. The van der Waals surface area contributed by atoms with Gasteiger partial charge in [-0.05, 0) is 0 Å². The molecule has 5 nitrogen and oxygen atoms in total. The Kier molecular flexibility index (Phi) is 4.44. The Balaban J connectivity index is 1.81. The highest BCUT2D eigenvalue weighted by Crippen LogP contribution is 2.24.